The van der Waals surface area contributed by atoms with E-state index in [1.807, 2.05) is 6.07 Å². The largest absolute Gasteiger partial charge is 0.489 e. The average Bonchev–Trinajstić information content (AvgIpc) is 2.15. The monoisotopic (exact) mass is 180 g/mol. The molecule has 1 aromatic rings. The number of unbranched alkanes of at least 4 members (excludes halogenated alkanes) is 1. The summed E-state index contributed by atoms with van der Waals surface area (Å²) >= 11 is 0. The average molecular weight is 180 g/mol. The van der Waals surface area contributed by atoms with Crippen LogP contribution in [0.5, 0.6) is 5.75 Å². The van der Waals surface area contributed by atoms with E-state index in [0.717, 1.165) is 0 Å². The lowest BCUT2D eigenvalue weighted by Crippen LogP contribution is -1.99. The van der Waals surface area contributed by atoms with Crippen molar-refractivity contribution in [3.8, 4) is 11.8 Å². The fourth-order valence-corrected chi connectivity index (χ4v) is 0.812. The summed E-state index contributed by atoms with van der Waals surface area (Å²) in [5, 5.41) is 8.23. The molecule has 0 amide bonds. The van der Waals surface area contributed by atoms with Crippen molar-refractivity contribution >= 4 is 0 Å². The van der Waals surface area contributed by atoms with Gasteiger partial charge in [0, 0.05) is 12.6 Å². The number of nitrogens with zero attached hydrogens (tertiary/aromatic N) is 2. The van der Waals surface area contributed by atoms with E-state index >= 15 is 0 Å². The summed E-state index contributed by atoms with van der Waals surface area (Å²) in [6.45, 7) is 0.343. The van der Waals surface area contributed by atoms with Crippen LogP contribution < -0.4 is 4.74 Å². The van der Waals surface area contributed by atoms with Crippen LogP contribution in [0.25, 0.3) is 0 Å². The number of ether oxygens (including phenoxy) is 1. The Morgan fingerprint density at radius 2 is 2.46 bits per heavy atom. The number of pyridine rings is 1. The Labute approximate surface area is 75.8 Å². The molecule has 0 aromatic carbocycles. The summed E-state index contributed by atoms with van der Waals surface area (Å²) in [4.78, 5) is 3.42. The highest BCUT2D eigenvalue weighted by Gasteiger charge is 2.01. The molecule has 3 nitrogen and oxygen atoms in total. The predicted molar refractivity (Wildman–Crippen MR) is 44.5 cm³/mol. The van der Waals surface area contributed by atoms with Gasteiger partial charge in [-0.1, -0.05) is 0 Å². The molecule has 0 saturated heterocycles. The number of hydrogen-bond donors (Lipinski definition) is 0. The third kappa shape index (κ3) is 3.08. The van der Waals surface area contributed by atoms with Crippen LogP contribution in [0.4, 0.5) is 4.39 Å². The van der Waals surface area contributed by atoms with E-state index in [4.69, 9.17) is 10.00 Å². The Bertz CT molecular complexity index is 309. The van der Waals surface area contributed by atoms with Gasteiger partial charge in [-0.2, -0.15) is 9.65 Å². The lowest BCUT2D eigenvalue weighted by molar-refractivity contribution is 0.293. The summed E-state index contributed by atoms with van der Waals surface area (Å²) in [7, 11) is 0. The molecule has 0 radical (unpaired) electrons. The van der Waals surface area contributed by atoms with Crippen molar-refractivity contribution in [2.75, 3.05) is 6.61 Å². The zero-order chi connectivity index (χ0) is 9.52. The van der Waals surface area contributed by atoms with Gasteiger partial charge in [0.05, 0.1) is 12.7 Å². The van der Waals surface area contributed by atoms with Gasteiger partial charge in [-0.25, -0.2) is 4.98 Å². The normalized spacial score (nSPS) is 9.23. The summed E-state index contributed by atoms with van der Waals surface area (Å²) < 4.78 is 17.8. The third-order valence-corrected chi connectivity index (χ3v) is 1.42. The van der Waals surface area contributed by atoms with Gasteiger partial charge in [0.1, 0.15) is 0 Å². The molecule has 0 unspecified atom stereocenters. The zero-order valence-electron chi connectivity index (χ0n) is 7.03. The van der Waals surface area contributed by atoms with E-state index < -0.39 is 5.95 Å². The van der Waals surface area contributed by atoms with Gasteiger partial charge in [-0.05, 0) is 18.6 Å². The van der Waals surface area contributed by atoms with E-state index in [9.17, 15) is 4.39 Å². The van der Waals surface area contributed by atoms with Crippen molar-refractivity contribution in [1.29, 1.82) is 5.26 Å². The highest BCUT2D eigenvalue weighted by Crippen LogP contribution is 2.12. The van der Waals surface area contributed by atoms with E-state index in [0.29, 0.717) is 19.4 Å². The first-order valence-corrected chi connectivity index (χ1v) is 3.95. The van der Waals surface area contributed by atoms with Gasteiger partial charge < -0.3 is 4.74 Å². The Hall–Kier alpha value is -1.63. The highest BCUT2D eigenvalue weighted by molar-refractivity contribution is 5.17. The predicted octanol–water partition coefficient (Wildman–Crippen LogP) is 1.90. The van der Waals surface area contributed by atoms with Crippen LogP contribution in [0.3, 0.4) is 0 Å². The first kappa shape index (κ1) is 9.46. The molecule has 13 heavy (non-hydrogen) atoms. The quantitative estimate of drug-likeness (QED) is 0.525. The van der Waals surface area contributed by atoms with Crippen molar-refractivity contribution in [1.82, 2.24) is 4.98 Å². The number of rotatable bonds is 4. The van der Waals surface area contributed by atoms with Crippen LogP contribution in [0, 0.1) is 17.3 Å². The van der Waals surface area contributed by atoms with Crippen LogP contribution in [0.1, 0.15) is 12.8 Å². The Kier molecular flexibility index (Phi) is 3.71. The molecule has 0 fully saturated rings. The molecule has 0 aliphatic heterocycles. The maximum absolute atomic E-state index is 12.8. The van der Waals surface area contributed by atoms with Crippen molar-refractivity contribution in [2.24, 2.45) is 0 Å². The van der Waals surface area contributed by atoms with Crippen LogP contribution in [0.2, 0.25) is 0 Å². The minimum absolute atomic E-state index is 0.139. The lowest BCUT2D eigenvalue weighted by Gasteiger charge is -2.03. The van der Waals surface area contributed by atoms with Crippen molar-refractivity contribution in [2.45, 2.75) is 12.8 Å². The first-order valence-electron chi connectivity index (χ1n) is 3.95. The Morgan fingerprint density at radius 1 is 1.62 bits per heavy atom. The van der Waals surface area contributed by atoms with Gasteiger partial charge in [-0.3, -0.25) is 0 Å². The van der Waals surface area contributed by atoms with E-state index in [1.165, 1.54) is 12.3 Å². The number of aromatic nitrogens is 1. The lowest BCUT2D eigenvalue weighted by atomic mass is 10.3. The third-order valence-electron chi connectivity index (χ3n) is 1.42. The summed E-state index contributed by atoms with van der Waals surface area (Å²) in [5.74, 6) is -0.472. The molecule has 0 aliphatic rings. The van der Waals surface area contributed by atoms with Crippen molar-refractivity contribution < 1.29 is 9.13 Å². The summed E-state index contributed by atoms with van der Waals surface area (Å²) in [6, 6.07) is 5.09. The molecule has 1 aromatic heterocycles. The van der Waals surface area contributed by atoms with Crippen molar-refractivity contribution in [3.05, 3.63) is 24.3 Å². The van der Waals surface area contributed by atoms with Gasteiger partial charge in [0.2, 0.25) is 0 Å². The minimum atomic E-state index is -0.612. The zero-order valence-corrected chi connectivity index (χ0v) is 7.03. The van der Waals surface area contributed by atoms with Gasteiger partial charge in [0.15, 0.2) is 5.75 Å². The van der Waals surface area contributed by atoms with E-state index in [1.54, 1.807) is 6.07 Å². The molecule has 0 N–H and O–H groups in total. The second kappa shape index (κ2) is 5.09. The molecule has 4 heteroatoms. The number of halogens is 1. The van der Waals surface area contributed by atoms with Gasteiger partial charge in [-0.15, -0.1) is 0 Å². The molecule has 0 aliphatic carbocycles. The SMILES string of the molecule is N#CCCCOc1cccnc1F. The Morgan fingerprint density at radius 3 is 3.15 bits per heavy atom. The van der Waals surface area contributed by atoms with Crippen LogP contribution >= 0.6 is 0 Å². The molecule has 1 heterocycles. The summed E-state index contributed by atoms with van der Waals surface area (Å²) in [6.07, 6.45) is 2.38. The van der Waals surface area contributed by atoms with Crippen LogP contribution in [-0.2, 0) is 0 Å². The minimum Gasteiger partial charge on any atom is -0.489 e. The van der Waals surface area contributed by atoms with E-state index in [-0.39, 0.29) is 5.75 Å². The fourth-order valence-electron chi connectivity index (χ4n) is 0.812. The maximum Gasteiger partial charge on any atom is 0.255 e. The second-order valence-electron chi connectivity index (χ2n) is 2.40. The second-order valence-corrected chi connectivity index (χ2v) is 2.40. The molecule has 68 valence electrons. The summed E-state index contributed by atoms with van der Waals surface area (Å²) in [5.41, 5.74) is 0. The molecule has 0 bridgehead atoms. The van der Waals surface area contributed by atoms with Crippen molar-refractivity contribution in [3.63, 3.8) is 0 Å². The van der Waals surface area contributed by atoms with E-state index in [2.05, 4.69) is 4.98 Å². The first-order chi connectivity index (χ1) is 6.34. The molecular weight excluding hydrogens is 171 g/mol. The smallest absolute Gasteiger partial charge is 0.255 e. The standard InChI is InChI=1S/C9H9FN2O/c10-9-8(4-3-6-12-9)13-7-2-1-5-11/h3-4,6H,1-2,7H2. The number of hydrogen-bond acceptors (Lipinski definition) is 3. The number of nitriles is 1. The van der Waals surface area contributed by atoms with Gasteiger partial charge >= 0.3 is 0 Å². The molecule has 0 atom stereocenters. The van der Waals surface area contributed by atoms with Crippen LogP contribution in [0.15, 0.2) is 18.3 Å². The molecule has 0 saturated carbocycles. The Balaban J connectivity index is 2.37. The molecule has 0 spiro atoms. The fraction of sp³-hybridized carbons (Fsp3) is 0.333. The molecule has 1 rings (SSSR count). The maximum atomic E-state index is 12.8. The van der Waals surface area contributed by atoms with Gasteiger partial charge in [0.25, 0.3) is 5.95 Å². The van der Waals surface area contributed by atoms with Crippen LogP contribution in [-0.4, -0.2) is 11.6 Å². The molecular formula is C9H9FN2O. The highest BCUT2D eigenvalue weighted by atomic mass is 19.1. The topological polar surface area (TPSA) is 45.9 Å².